The van der Waals surface area contributed by atoms with E-state index < -0.39 is 32.3 Å². The first kappa shape index (κ1) is 39.1. The zero-order valence-electron chi connectivity index (χ0n) is 27.8. The smallest absolute Gasteiger partial charge is 0.0656 e. The molecule has 2 aliphatic carbocycles. The molecule has 0 bridgehead atoms. The van der Waals surface area contributed by atoms with E-state index in [0.29, 0.717) is 0 Å². The third-order valence-corrected chi connectivity index (χ3v) is 14.9. The fourth-order valence-electron chi connectivity index (χ4n) is 3.75. The van der Waals surface area contributed by atoms with Crippen LogP contribution in [0, 0.1) is 38.0 Å². The maximum absolute atomic E-state index is 2.40. The Morgan fingerprint density at radius 3 is 0.750 bits per heavy atom. The number of benzene rings is 1. The first-order chi connectivity index (χ1) is 17.8. The van der Waals surface area contributed by atoms with Crippen LogP contribution in [-0.4, -0.2) is 32.3 Å². The molecule has 1 aromatic rings. The van der Waals surface area contributed by atoms with E-state index in [4.69, 9.17) is 0 Å². The molecule has 0 nitrogen and oxygen atoms in total. The first-order valence-corrected chi connectivity index (χ1v) is 28.4. The molecule has 0 radical (unpaired) electrons. The molecule has 5 heteroatoms. The Balaban J connectivity index is 0.000000603. The van der Waals surface area contributed by atoms with Crippen molar-refractivity contribution in [1.29, 1.82) is 0 Å². The Bertz CT molecular complexity index is 1010. The van der Waals surface area contributed by atoms with E-state index in [-0.39, 0.29) is 31.1 Å². The molecule has 0 saturated carbocycles. The van der Waals surface area contributed by atoms with Gasteiger partial charge in [0.1, 0.15) is 0 Å². The second-order valence-corrected chi connectivity index (χ2v) is 34.9. The van der Waals surface area contributed by atoms with E-state index in [1.165, 1.54) is 26.3 Å². The van der Waals surface area contributed by atoms with E-state index in [0.717, 1.165) is 0 Å². The molecule has 0 aromatic heterocycles. The number of aryl methyl sites for hydroxylation is 1. The van der Waals surface area contributed by atoms with Crippen LogP contribution in [0.3, 0.4) is 0 Å². The molecule has 0 saturated heterocycles. The topological polar surface area (TPSA) is 0 Å². The second kappa shape index (κ2) is 17.2. The summed E-state index contributed by atoms with van der Waals surface area (Å²) in [5, 5.41) is 6.14. The molecule has 0 fully saturated rings. The Kier molecular flexibility index (Phi) is 16.8. The van der Waals surface area contributed by atoms with E-state index in [1.807, 2.05) is 18.2 Å². The van der Waals surface area contributed by atoms with Gasteiger partial charge in [0.15, 0.2) is 0 Å². The molecule has 0 unspecified atom stereocenters. The molecule has 40 heavy (non-hydrogen) atoms. The van der Waals surface area contributed by atoms with Crippen LogP contribution >= 0.6 is 0 Å². The van der Waals surface area contributed by atoms with Crippen molar-refractivity contribution in [2.45, 2.75) is 85.5 Å². The van der Waals surface area contributed by atoms with Crippen LogP contribution in [0.25, 0.3) is 0 Å². The monoisotopic (exact) mass is 826 g/mol. The Morgan fingerprint density at radius 1 is 0.375 bits per heavy atom. The van der Waals surface area contributed by atoms with Gasteiger partial charge < -0.3 is 0 Å². The van der Waals surface area contributed by atoms with Crippen molar-refractivity contribution in [3.63, 3.8) is 0 Å². The van der Waals surface area contributed by atoms with Crippen molar-refractivity contribution in [3.8, 4) is 0 Å². The summed E-state index contributed by atoms with van der Waals surface area (Å²) < 4.78 is 0. The van der Waals surface area contributed by atoms with Gasteiger partial charge in [0.05, 0.1) is 32.3 Å². The third-order valence-electron chi connectivity index (χ3n) is 6.61. The molecular weight excluding hydrogens is 771 g/mol. The van der Waals surface area contributed by atoms with E-state index in [9.17, 15) is 0 Å². The maximum atomic E-state index is 2.40. The zero-order valence-corrected chi connectivity index (χ0v) is 36.0. The number of allylic oxidation sites excluding steroid dienone is 16. The number of rotatable bonds is 4. The molecule has 216 valence electrons. The third kappa shape index (κ3) is 15.9. The van der Waals surface area contributed by atoms with Gasteiger partial charge in [0.25, 0.3) is 0 Å². The SMILES string of the molecule is C[Si](C)(C)C1=C/C=C([Si](C)(C)C)\C=C/C=C\1.C[Si](C)(C)C1=C/C=C([Si](C)(C)C)\C=C/C=C\1.Cc1ccccc1.[U]. The van der Waals surface area contributed by atoms with Crippen molar-refractivity contribution in [3.05, 3.63) is 130 Å². The summed E-state index contributed by atoms with van der Waals surface area (Å²) >= 11 is 0. The Morgan fingerprint density at radius 2 is 0.600 bits per heavy atom. The molecule has 2 aliphatic rings. The normalized spacial score (nSPS) is 24.0. The molecule has 0 heterocycles. The van der Waals surface area contributed by atoms with Gasteiger partial charge in [0.2, 0.25) is 0 Å². The predicted molar refractivity (Wildman–Crippen MR) is 193 cm³/mol. The van der Waals surface area contributed by atoms with Crippen molar-refractivity contribution in [2.24, 2.45) is 0 Å². The molecule has 0 atom stereocenters. The minimum Gasteiger partial charge on any atom is -0.0656 e. The number of hydrogen-bond donors (Lipinski definition) is 0. The van der Waals surface area contributed by atoms with Crippen LogP contribution < -0.4 is 0 Å². The van der Waals surface area contributed by atoms with Crippen molar-refractivity contribution in [1.82, 2.24) is 0 Å². The van der Waals surface area contributed by atoms with Crippen LogP contribution in [0.5, 0.6) is 0 Å². The molecule has 0 amide bonds. The van der Waals surface area contributed by atoms with E-state index >= 15 is 0 Å². The summed E-state index contributed by atoms with van der Waals surface area (Å²) in [4.78, 5) is 0. The predicted octanol–water partition coefficient (Wildman–Crippen LogP) is 11.4. The van der Waals surface area contributed by atoms with Gasteiger partial charge in [-0.05, 0) is 6.92 Å². The van der Waals surface area contributed by atoms with Crippen molar-refractivity contribution < 1.29 is 31.1 Å². The Labute approximate surface area is 276 Å². The maximum Gasteiger partial charge on any atom is 0.0775 e. The summed E-state index contributed by atoms with van der Waals surface area (Å²) in [6, 6.07) is 10.3. The van der Waals surface area contributed by atoms with Crippen LogP contribution in [0.1, 0.15) is 5.56 Å². The fourth-order valence-corrected chi connectivity index (χ4v) is 8.47. The molecule has 0 N–H and O–H groups in total. The standard InChI is InChI=1S/2C14H24Si2.C7H8.U/c2*1-15(2,3)13-9-7-8-10-14(12-11-13)16(4,5)6;1-7-5-3-2-4-6-7;/h2*7-12H,1-6H3;2-6H,1H3;/b2*8-7?,9-7-,10-8-,12-11?,13-9?,13-11+,14-10?,14-12+;;. The first-order valence-electron chi connectivity index (χ1n) is 14.4. The molecular formula is C35H56Si4U. The van der Waals surface area contributed by atoms with Crippen LogP contribution in [0.15, 0.2) is 124 Å². The summed E-state index contributed by atoms with van der Waals surface area (Å²) in [5.74, 6) is 0. The average molecular weight is 827 g/mol. The van der Waals surface area contributed by atoms with E-state index in [2.05, 4.69) is 171 Å². The summed E-state index contributed by atoms with van der Waals surface area (Å²) in [5.41, 5.74) is 1.32. The minimum atomic E-state index is -1.19. The molecule has 0 spiro atoms. The van der Waals surface area contributed by atoms with Gasteiger partial charge in [0, 0.05) is 31.1 Å². The van der Waals surface area contributed by atoms with Crippen molar-refractivity contribution in [2.75, 3.05) is 0 Å². The fraction of sp³-hybridized carbons (Fsp3) is 0.371. The van der Waals surface area contributed by atoms with Crippen LogP contribution in [-0.2, 0) is 0 Å². The van der Waals surface area contributed by atoms with Crippen molar-refractivity contribution >= 4 is 32.3 Å². The largest absolute Gasteiger partial charge is 0.0775 e. The minimum absolute atomic E-state index is 0. The summed E-state index contributed by atoms with van der Waals surface area (Å²) in [6.07, 6.45) is 27.3. The quantitative estimate of drug-likeness (QED) is 0.265. The molecule has 0 aliphatic heterocycles. The zero-order chi connectivity index (χ0) is 29.9. The Hall–Kier alpha value is -0.941. The van der Waals surface area contributed by atoms with Gasteiger partial charge in [-0.1, -0.05) is 208 Å². The average Bonchev–Trinajstić information content (AvgIpc) is 2.71. The van der Waals surface area contributed by atoms with Gasteiger partial charge in [-0.3, -0.25) is 0 Å². The van der Waals surface area contributed by atoms with Crippen LogP contribution in [0.4, 0.5) is 0 Å². The van der Waals surface area contributed by atoms with Gasteiger partial charge >= 0.3 is 0 Å². The van der Waals surface area contributed by atoms with E-state index in [1.54, 1.807) is 0 Å². The summed E-state index contributed by atoms with van der Waals surface area (Å²) in [7, 11) is -4.75. The summed E-state index contributed by atoms with van der Waals surface area (Å²) in [6.45, 7) is 30.9. The molecule has 3 rings (SSSR count). The molecule has 1 aromatic carbocycles. The van der Waals surface area contributed by atoms with Gasteiger partial charge in [-0.25, -0.2) is 0 Å². The van der Waals surface area contributed by atoms with Gasteiger partial charge in [-0.2, -0.15) is 0 Å². The van der Waals surface area contributed by atoms with Gasteiger partial charge in [-0.15, -0.1) is 0 Å². The number of hydrogen-bond acceptors (Lipinski definition) is 0. The van der Waals surface area contributed by atoms with Crippen LogP contribution in [0.2, 0.25) is 78.6 Å². The second-order valence-electron chi connectivity index (χ2n) is 14.6.